The van der Waals surface area contributed by atoms with Crippen LogP contribution in [-0.4, -0.2) is 43.7 Å². The first-order valence-electron chi connectivity index (χ1n) is 9.28. The lowest BCUT2D eigenvalue weighted by molar-refractivity contribution is -0.119. The van der Waals surface area contributed by atoms with Crippen molar-refractivity contribution in [2.75, 3.05) is 31.5 Å². The van der Waals surface area contributed by atoms with Gasteiger partial charge in [-0.3, -0.25) is 9.59 Å². The average Bonchev–Trinajstić information content (AvgIpc) is 3.34. The fraction of sp³-hybridized carbons (Fsp3) is 0.136. The summed E-state index contributed by atoms with van der Waals surface area (Å²) in [6, 6.07) is 12.0. The van der Waals surface area contributed by atoms with Gasteiger partial charge in [-0.2, -0.15) is 0 Å². The van der Waals surface area contributed by atoms with Crippen LogP contribution in [0, 0.1) is 0 Å². The third-order valence-electron chi connectivity index (χ3n) is 4.22. The van der Waals surface area contributed by atoms with Crippen LogP contribution < -0.4 is 20.1 Å². The highest BCUT2D eigenvalue weighted by Crippen LogP contribution is 2.34. The third kappa shape index (κ3) is 5.55. The quantitative estimate of drug-likeness (QED) is 0.350. The molecule has 0 saturated carbocycles. The fourth-order valence-electron chi connectivity index (χ4n) is 2.69. The summed E-state index contributed by atoms with van der Waals surface area (Å²) in [5.41, 5.74) is 0.564. The standard InChI is InChI=1S/C22H20N2O7S/c1-29-17-10-15(16(11-18(17)30-2)24-21(27)19-4-3-9-32-19)22(28)31-12-20(26)23-13-5-7-14(25)8-6-13/h3-11,25H,12H2,1-2H3,(H,23,26)(H,24,27). The molecule has 3 N–H and O–H groups in total. The molecule has 0 fully saturated rings. The van der Waals surface area contributed by atoms with Crippen molar-refractivity contribution < 1.29 is 33.7 Å². The van der Waals surface area contributed by atoms with Gasteiger partial charge in [-0.25, -0.2) is 4.79 Å². The average molecular weight is 456 g/mol. The van der Waals surface area contributed by atoms with Gasteiger partial charge in [-0.05, 0) is 35.7 Å². The minimum absolute atomic E-state index is 0.00927. The van der Waals surface area contributed by atoms with E-state index in [4.69, 9.17) is 14.2 Å². The van der Waals surface area contributed by atoms with Gasteiger partial charge in [0.05, 0.1) is 30.3 Å². The lowest BCUT2D eigenvalue weighted by atomic mass is 10.1. The molecule has 166 valence electrons. The Labute approximate surface area is 187 Å². The van der Waals surface area contributed by atoms with Crippen molar-refractivity contribution >= 4 is 40.5 Å². The van der Waals surface area contributed by atoms with Crippen LogP contribution in [0.15, 0.2) is 53.9 Å². The van der Waals surface area contributed by atoms with Crippen molar-refractivity contribution in [3.63, 3.8) is 0 Å². The minimum atomic E-state index is -0.840. The highest BCUT2D eigenvalue weighted by Gasteiger charge is 2.21. The van der Waals surface area contributed by atoms with Crippen molar-refractivity contribution in [1.82, 2.24) is 0 Å². The van der Waals surface area contributed by atoms with Gasteiger partial charge in [0, 0.05) is 17.8 Å². The number of aromatic hydroxyl groups is 1. The lowest BCUT2D eigenvalue weighted by Crippen LogP contribution is -2.22. The van der Waals surface area contributed by atoms with Crippen LogP contribution in [0.25, 0.3) is 0 Å². The van der Waals surface area contributed by atoms with E-state index in [0.717, 1.165) is 0 Å². The van der Waals surface area contributed by atoms with Crippen LogP contribution >= 0.6 is 11.3 Å². The van der Waals surface area contributed by atoms with Crippen LogP contribution in [0.1, 0.15) is 20.0 Å². The molecule has 0 aliphatic carbocycles. The molecular formula is C22H20N2O7S. The Morgan fingerprint density at radius 2 is 1.66 bits per heavy atom. The number of amides is 2. The van der Waals surface area contributed by atoms with Gasteiger partial charge < -0.3 is 30.0 Å². The Morgan fingerprint density at radius 1 is 0.969 bits per heavy atom. The highest BCUT2D eigenvalue weighted by atomic mass is 32.1. The van der Waals surface area contributed by atoms with Crippen molar-refractivity contribution in [3.05, 3.63) is 64.4 Å². The number of phenolic OH excluding ortho intramolecular Hbond substituents is 1. The second-order valence-electron chi connectivity index (χ2n) is 6.36. The van der Waals surface area contributed by atoms with Crippen LogP contribution in [0.2, 0.25) is 0 Å². The van der Waals surface area contributed by atoms with Crippen molar-refractivity contribution in [2.24, 2.45) is 0 Å². The Morgan fingerprint density at radius 3 is 2.28 bits per heavy atom. The third-order valence-corrected chi connectivity index (χ3v) is 5.09. The van der Waals surface area contributed by atoms with E-state index in [-0.39, 0.29) is 22.7 Å². The molecular weight excluding hydrogens is 436 g/mol. The summed E-state index contributed by atoms with van der Waals surface area (Å²) in [6.07, 6.45) is 0. The number of hydrogen-bond donors (Lipinski definition) is 3. The zero-order valence-corrected chi connectivity index (χ0v) is 18.0. The number of methoxy groups -OCH3 is 2. The van der Waals surface area contributed by atoms with Gasteiger partial charge in [0.25, 0.3) is 11.8 Å². The fourth-order valence-corrected chi connectivity index (χ4v) is 3.31. The summed E-state index contributed by atoms with van der Waals surface area (Å²) in [4.78, 5) is 37.8. The molecule has 9 nitrogen and oxygen atoms in total. The highest BCUT2D eigenvalue weighted by molar-refractivity contribution is 7.12. The predicted molar refractivity (Wildman–Crippen MR) is 119 cm³/mol. The Hall–Kier alpha value is -4.05. The number of thiophene rings is 1. The Balaban J connectivity index is 1.76. The zero-order chi connectivity index (χ0) is 23.1. The number of carbonyl (C=O) groups excluding carboxylic acids is 3. The van der Waals surface area contributed by atoms with E-state index in [9.17, 15) is 19.5 Å². The maximum Gasteiger partial charge on any atom is 0.340 e. The number of benzene rings is 2. The summed E-state index contributed by atoms with van der Waals surface area (Å²) in [5.74, 6) is -1.22. The molecule has 2 amide bonds. The van der Waals surface area contributed by atoms with Crippen LogP contribution in [-0.2, 0) is 9.53 Å². The maximum absolute atomic E-state index is 12.7. The first-order valence-corrected chi connectivity index (χ1v) is 10.2. The minimum Gasteiger partial charge on any atom is -0.508 e. The van der Waals surface area contributed by atoms with Gasteiger partial charge >= 0.3 is 5.97 Å². The van der Waals surface area contributed by atoms with Crippen LogP contribution in [0.3, 0.4) is 0 Å². The van der Waals surface area contributed by atoms with Gasteiger partial charge in [-0.15, -0.1) is 11.3 Å². The van der Waals surface area contributed by atoms with E-state index in [0.29, 0.717) is 16.3 Å². The summed E-state index contributed by atoms with van der Waals surface area (Å²) >= 11 is 1.25. The van der Waals surface area contributed by atoms with Gasteiger partial charge in [0.2, 0.25) is 0 Å². The molecule has 3 rings (SSSR count). The summed E-state index contributed by atoms with van der Waals surface area (Å²) in [7, 11) is 2.83. The van der Waals surface area contributed by atoms with Crippen molar-refractivity contribution in [3.8, 4) is 17.2 Å². The number of anilines is 2. The van der Waals surface area contributed by atoms with E-state index >= 15 is 0 Å². The number of ether oxygens (including phenoxy) is 3. The molecule has 0 atom stereocenters. The number of esters is 1. The lowest BCUT2D eigenvalue weighted by Gasteiger charge is -2.15. The second-order valence-corrected chi connectivity index (χ2v) is 7.30. The van der Waals surface area contributed by atoms with E-state index in [1.807, 2.05) is 0 Å². The van der Waals surface area contributed by atoms with E-state index in [2.05, 4.69) is 10.6 Å². The summed E-state index contributed by atoms with van der Waals surface area (Å²) in [5, 5.41) is 16.3. The molecule has 0 aliphatic heterocycles. The first-order chi connectivity index (χ1) is 15.4. The molecule has 1 heterocycles. The topological polar surface area (TPSA) is 123 Å². The van der Waals surface area contributed by atoms with E-state index < -0.39 is 24.4 Å². The van der Waals surface area contributed by atoms with E-state index in [1.54, 1.807) is 17.5 Å². The van der Waals surface area contributed by atoms with Crippen LogP contribution in [0.5, 0.6) is 17.2 Å². The van der Waals surface area contributed by atoms with Crippen LogP contribution in [0.4, 0.5) is 11.4 Å². The number of hydrogen-bond acceptors (Lipinski definition) is 8. The largest absolute Gasteiger partial charge is 0.508 e. The molecule has 1 aromatic heterocycles. The smallest absolute Gasteiger partial charge is 0.340 e. The number of carbonyl (C=O) groups is 3. The Bertz CT molecular complexity index is 1110. The normalized spacial score (nSPS) is 10.2. The molecule has 3 aromatic rings. The SMILES string of the molecule is COc1cc(NC(=O)c2cccs2)c(C(=O)OCC(=O)Nc2ccc(O)cc2)cc1OC. The maximum atomic E-state index is 12.7. The molecule has 0 radical (unpaired) electrons. The predicted octanol–water partition coefficient (Wildman–Crippen LogP) is 3.52. The van der Waals surface area contributed by atoms with Gasteiger partial charge in [0.15, 0.2) is 18.1 Å². The molecule has 0 unspecified atom stereocenters. The second kappa shape index (κ2) is 10.3. The molecule has 0 spiro atoms. The van der Waals surface area contributed by atoms with Crippen molar-refractivity contribution in [1.29, 1.82) is 0 Å². The molecule has 10 heteroatoms. The number of nitrogens with one attached hydrogen (secondary N) is 2. The monoisotopic (exact) mass is 456 g/mol. The van der Waals surface area contributed by atoms with Crippen molar-refractivity contribution in [2.45, 2.75) is 0 Å². The van der Waals surface area contributed by atoms with Gasteiger partial charge in [0.1, 0.15) is 5.75 Å². The molecule has 0 aliphatic rings. The van der Waals surface area contributed by atoms with E-state index in [1.165, 1.54) is 62.0 Å². The summed E-state index contributed by atoms with van der Waals surface area (Å²) < 4.78 is 15.6. The number of rotatable bonds is 8. The molecule has 0 saturated heterocycles. The van der Waals surface area contributed by atoms with Gasteiger partial charge in [-0.1, -0.05) is 6.07 Å². The zero-order valence-electron chi connectivity index (χ0n) is 17.2. The Kier molecular flexibility index (Phi) is 7.29. The molecule has 0 bridgehead atoms. The molecule has 2 aromatic carbocycles. The summed E-state index contributed by atoms with van der Waals surface area (Å²) in [6.45, 7) is -0.563. The number of phenols is 1. The molecule has 32 heavy (non-hydrogen) atoms. The first kappa shape index (κ1) is 22.6.